The number of rotatable bonds is 5. The van der Waals surface area contributed by atoms with E-state index in [1.807, 2.05) is 6.92 Å². The smallest absolute Gasteiger partial charge is 0.0676 e. The van der Waals surface area contributed by atoms with Crippen LogP contribution in [0, 0.1) is 13.8 Å². The maximum atomic E-state index is 5.78. The van der Waals surface area contributed by atoms with Crippen LogP contribution in [-0.2, 0) is 12.8 Å². The largest absolute Gasteiger partial charge is 0.271 e. The van der Waals surface area contributed by atoms with Gasteiger partial charge in [-0.3, -0.25) is 11.3 Å². The Hall–Kier alpha value is -1.78. The van der Waals surface area contributed by atoms with Gasteiger partial charge < -0.3 is 0 Å². The second kappa shape index (κ2) is 6.59. The maximum absolute atomic E-state index is 5.78. The monoisotopic (exact) mass is 270 g/mol. The number of nitrogens with one attached hydrogen (secondary N) is 1. The number of benzene rings is 1. The van der Waals surface area contributed by atoms with E-state index < -0.39 is 0 Å². The number of nitrogens with two attached hydrogens (primary N) is 1. The van der Waals surface area contributed by atoms with Crippen LogP contribution in [0.3, 0.4) is 0 Å². The van der Waals surface area contributed by atoms with Gasteiger partial charge in [0.25, 0.3) is 0 Å². The summed E-state index contributed by atoms with van der Waals surface area (Å²) < 4.78 is 0. The molecule has 2 aromatic rings. The molecule has 0 bridgehead atoms. The van der Waals surface area contributed by atoms with Crippen molar-refractivity contribution < 1.29 is 0 Å². The highest BCUT2D eigenvalue weighted by Crippen LogP contribution is 2.22. The fraction of sp³-hybridized carbons (Fsp3) is 0.375. The fourth-order valence-electron chi connectivity index (χ4n) is 2.43. The van der Waals surface area contributed by atoms with Crippen molar-refractivity contribution in [2.45, 2.75) is 39.7 Å². The molecule has 20 heavy (non-hydrogen) atoms. The molecule has 1 heterocycles. The highest BCUT2D eigenvalue weighted by Gasteiger charge is 2.16. The number of hydrogen-bond donors (Lipinski definition) is 2. The van der Waals surface area contributed by atoms with E-state index in [1.165, 1.54) is 11.1 Å². The molecule has 0 aliphatic heterocycles. The second-order valence-electron chi connectivity index (χ2n) is 5.09. The maximum Gasteiger partial charge on any atom is 0.0676 e. The Balaban J connectivity index is 2.33. The topological polar surface area (TPSA) is 63.8 Å². The molecule has 0 aliphatic rings. The zero-order valence-electron chi connectivity index (χ0n) is 12.4. The molecule has 1 aromatic carbocycles. The average molecular weight is 270 g/mol. The van der Waals surface area contributed by atoms with Crippen LogP contribution < -0.4 is 11.3 Å². The Kier molecular flexibility index (Phi) is 4.82. The molecular weight excluding hydrogens is 248 g/mol. The van der Waals surface area contributed by atoms with Crippen LogP contribution in [0.1, 0.15) is 41.0 Å². The average Bonchev–Trinajstić information content (AvgIpc) is 2.46. The molecule has 0 saturated carbocycles. The molecule has 4 nitrogen and oxygen atoms in total. The van der Waals surface area contributed by atoms with Gasteiger partial charge in [0.2, 0.25) is 0 Å². The van der Waals surface area contributed by atoms with E-state index in [9.17, 15) is 0 Å². The Morgan fingerprint density at radius 3 is 2.60 bits per heavy atom. The lowest BCUT2D eigenvalue weighted by Gasteiger charge is -2.20. The normalized spacial score (nSPS) is 12.4. The van der Waals surface area contributed by atoms with Crippen molar-refractivity contribution in [2.75, 3.05) is 0 Å². The summed E-state index contributed by atoms with van der Waals surface area (Å²) in [5, 5.41) is 8.42. The van der Waals surface area contributed by atoms with Crippen molar-refractivity contribution in [3.05, 3.63) is 58.4 Å². The van der Waals surface area contributed by atoms with Gasteiger partial charge in [0, 0.05) is 0 Å². The lowest BCUT2D eigenvalue weighted by Crippen LogP contribution is -2.31. The SMILES string of the molecule is CCc1nnc(C)cc1C(Cc1ccccc1C)NN. The third-order valence-corrected chi connectivity index (χ3v) is 3.62. The van der Waals surface area contributed by atoms with E-state index in [-0.39, 0.29) is 6.04 Å². The van der Waals surface area contributed by atoms with Crippen LogP contribution in [0.15, 0.2) is 30.3 Å². The lowest BCUT2D eigenvalue weighted by molar-refractivity contribution is 0.540. The van der Waals surface area contributed by atoms with Crippen LogP contribution in [-0.4, -0.2) is 10.2 Å². The number of hydrazine groups is 1. The van der Waals surface area contributed by atoms with Crippen molar-refractivity contribution in [2.24, 2.45) is 5.84 Å². The molecule has 0 aliphatic carbocycles. The van der Waals surface area contributed by atoms with Gasteiger partial charge in [-0.2, -0.15) is 10.2 Å². The van der Waals surface area contributed by atoms with Crippen molar-refractivity contribution in [1.29, 1.82) is 0 Å². The van der Waals surface area contributed by atoms with Crippen molar-refractivity contribution in [1.82, 2.24) is 15.6 Å². The molecule has 1 unspecified atom stereocenters. The first-order chi connectivity index (χ1) is 9.65. The first-order valence-corrected chi connectivity index (χ1v) is 6.99. The van der Waals surface area contributed by atoms with Crippen LogP contribution >= 0.6 is 0 Å². The van der Waals surface area contributed by atoms with E-state index >= 15 is 0 Å². The minimum Gasteiger partial charge on any atom is -0.271 e. The third kappa shape index (κ3) is 3.21. The lowest BCUT2D eigenvalue weighted by atomic mass is 9.95. The van der Waals surface area contributed by atoms with Gasteiger partial charge in [-0.15, -0.1) is 0 Å². The minimum atomic E-state index is 0.0558. The zero-order chi connectivity index (χ0) is 14.5. The Bertz CT molecular complexity index is 580. The number of aryl methyl sites for hydroxylation is 3. The Morgan fingerprint density at radius 1 is 1.20 bits per heavy atom. The summed E-state index contributed by atoms with van der Waals surface area (Å²) in [6.07, 6.45) is 1.70. The first-order valence-electron chi connectivity index (χ1n) is 6.99. The molecule has 3 N–H and O–H groups in total. The van der Waals surface area contributed by atoms with Crippen molar-refractivity contribution in [3.63, 3.8) is 0 Å². The van der Waals surface area contributed by atoms with Crippen molar-refractivity contribution in [3.8, 4) is 0 Å². The Labute approximate surface area is 120 Å². The molecular formula is C16H22N4. The van der Waals surface area contributed by atoms with Crippen LogP contribution in [0.4, 0.5) is 0 Å². The van der Waals surface area contributed by atoms with Gasteiger partial charge in [-0.05, 0) is 49.4 Å². The Morgan fingerprint density at radius 2 is 1.95 bits per heavy atom. The molecule has 0 radical (unpaired) electrons. The summed E-state index contributed by atoms with van der Waals surface area (Å²) in [4.78, 5) is 0. The van der Waals surface area contributed by atoms with Gasteiger partial charge in [0.1, 0.15) is 0 Å². The van der Waals surface area contributed by atoms with Gasteiger partial charge >= 0.3 is 0 Å². The van der Waals surface area contributed by atoms with Crippen LogP contribution in [0.25, 0.3) is 0 Å². The van der Waals surface area contributed by atoms with Gasteiger partial charge in [-0.25, -0.2) is 0 Å². The third-order valence-electron chi connectivity index (χ3n) is 3.62. The molecule has 0 saturated heterocycles. The summed E-state index contributed by atoms with van der Waals surface area (Å²) in [6.45, 7) is 6.17. The predicted octanol–water partition coefficient (Wildman–Crippen LogP) is 2.40. The highest BCUT2D eigenvalue weighted by atomic mass is 15.2. The van der Waals surface area contributed by atoms with Gasteiger partial charge in [0.15, 0.2) is 0 Å². The molecule has 1 atom stereocenters. The first kappa shape index (κ1) is 14.6. The summed E-state index contributed by atoms with van der Waals surface area (Å²) >= 11 is 0. The van der Waals surface area contributed by atoms with E-state index in [1.54, 1.807) is 0 Å². The molecule has 0 spiro atoms. The quantitative estimate of drug-likeness (QED) is 0.647. The van der Waals surface area contributed by atoms with Gasteiger partial charge in [-0.1, -0.05) is 31.2 Å². The summed E-state index contributed by atoms with van der Waals surface area (Å²) in [6, 6.07) is 10.5. The number of nitrogens with zero attached hydrogens (tertiary/aromatic N) is 2. The molecule has 0 fully saturated rings. The van der Waals surface area contributed by atoms with E-state index in [0.717, 1.165) is 29.8 Å². The second-order valence-corrected chi connectivity index (χ2v) is 5.09. The van der Waals surface area contributed by atoms with E-state index in [4.69, 9.17) is 5.84 Å². The summed E-state index contributed by atoms with van der Waals surface area (Å²) in [7, 11) is 0. The molecule has 106 valence electrons. The van der Waals surface area contributed by atoms with E-state index in [0.29, 0.717) is 0 Å². The number of aromatic nitrogens is 2. The van der Waals surface area contributed by atoms with E-state index in [2.05, 4.69) is 59.8 Å². The zero-order valence-corrected chi connectivity index (χ0v) is 12.4. The highest BCUT2D eigenvalue weighted by molar-refractivity contribution is 5.31. The van der Waals surface area contributed by atoms with Crippen molar-refractivity contribution >= 4 is 0 Å². The van der Waals surface area contributed by atoms with Crippen LogP contribution in [0.2, 0.25) is 0 Å². The fourth-order valence-corrected chi connectivity index (χ4v) is 2.43. The molecule has 2 rings (SSSR count). The molecule has 0 amide bonds. The summed E-state index contributed by atoms with van der Waals surface area (Å²) in [5.74, 6) is 5.78. The standard InChI is InChI=1S/C16H22N4/c1-4-15-14(9-12(3)19-20-15)16(18-17)10-13-8-6-5-7-11(13)2/h5-9,16,18H,4,10,17H2,1-3H3. The minimum absolute atomic E-state index is 0.0558. The molecule has 4 heteroatoms. The summed E-state index contributed by atoms with van der Waals surface area (Å²) in [5.41, 5.74) is 8.58. The molecule has 1 aromatic heterocycles. The predicted molar refractivity (Wildman–Crippen MR) is 81.1 cm³/mol. The van der Waals surface area contributed by atoms with Crippen LogP contribution in [0.5, 0.6) is 0 Å². The van der Waals surface area contributed by atoms with Gasteiger partial charge in [0.05, 0.1) is 17.4 Å². The number of hydrogen-bond acceptors (Lipinski definition) is 4.